The first-order valence-electron chi connectivity index (χ1n) is 11.8. The van der Waals surface area contributed by atoms with Crippen LogP contribution in [0.5, 0.6) is 5.75 Å². The number of nitrogens with one attached hydrogen (secondary N) is 1. The molecule has 1 aromatic carbocycles. The Morgan fingerprint density at radius 2 is 1.90 bits per heavy atom. The summed E-state index contributed by atoms with van der Waals surface area (Å²) in [4.78, 5) is 28.3. The first kappa shape index (κ1) is 21.9. The highest BCUT2D eigenvalue weighted by Crippen LogP contribution is 2.45. The molecule has 6 heteroatoms. The molecular formula is C25H34N2O4. The maximum atomic E-state index is 13.2. The zero-order valence-electron chi connectivity index (χ0n) is 19.0. The third-order valence-electron chi connectivity index (χ3n) is 6.95. The fourth-order valence-corrected chi connectivity index (χ4v) is 5.15. The van der Waals surface area contributed by atoms with Gasteiger partial charge in [-0.25, -0.2) is 0 Å². The van der Waals surface area contributed by atoms with Crippen LogP contribution >= 0.6 is 0 Å². The fraction of sp³-hybridized carbons (Fsp3) is 0.600. The van der Waals surface area contributed by atoms with E-state index in [-0.39, 0.29) is 23.1 Å². The lowest BCUT2D eigenvalue weighted by Gasteiger charge is -2.40. The number of benzene rings is 1. The van der Waals surface area contributed by atoms with E-state index in [4.69, 9.17) is 9.15 Å². The molecule has 4 rings (SSSR count). The molecule has 0 radical (unpaired) electrons. The first-order valence-corrected chi connectivity index (χ1v) is 11.8. The number of carbonyl (C=O) groups is 2. The normalized spacial score (nSPS) is 17.7. The number of hydrogen-bond donors (Lipinski definition) is 1. The largest absolute Gasteiger partial charge is 0.486 e. The molecule has 168 valence electrons. The Morgan fingerprint density at radius 1 is 1.16 bits per heavy atom. The lowest BCUT2D eigenvalue weighted by Crippen LogP contribution is -2.43. The van der Waals surface area contributed by atoms with Crippen molar-refractivity contribution >= 4 is 22.7 Å². The Balaban J connectivity index is 1.54. The van der Waals surface area contributed by atoms with Gasteiger partial charge in [-0.05, 0) is 70.8 Å². The van der Waals surface area contributed by atoms with Gasteiger partial charge >= 0.3 is 0 Å². The highest BCUT2D eigenvalue weighted by atomic mass is 16.5. The topological polar surface area (TPSA) is 71.8 Å². The van der Waals surface area contributed by atoms with Gasteiger partial charge in [0.25, 0.3) is 5.91 Å². The Labute approximate surface area is 184 Å². The molecule has 0 saturated heterocycles. The number of rotatable bonds is 7. The molecule has 1 aliphatic heterocycles. The SMILES string of the molecule is CCN(CC)CCCNC(=O)c1oc2ccc3c(c2c1C)C(=O)CC1(CCCCC1)O3. The van der Waals surface area contributed by atoms with Crippen molar-refractivity contribution in [3.63, 3.8) is 0 Å². The smallest absolute Gasteiger partial charge is 0.287 e. The quantitative estimate of drug-likeness (QED) is 0.640. The average Bonchev–Trinajstić information content (AvgIpc) is 3.10. The number of furan rings is 1. The Hall–Kier alpha value is -2.34. The number of aryl methyl sites for hydroxylation is 1. The molecule has 2 aromatic rings. The van der Waals surface area contributed by atoms with E-state index in [0.717, 1.165) is 57.1 Å². The van der Waals surface area contributed by atoms with E-state index in [1.54, 1.807) is 0 Å². The maximum Gasteiger partial charge on any atom is 0.287 e. The van der Waals surface area contributed by atoms with Crippen LogP contribution in [-0.2, 0) is 0 Å². The molecule has 1 saturated carbocycles. The molecule has 0 atom stereocenters. The Morgan fingerprint density at radius 3 is 2.61 bits per heavy atom. The first-order chi connectivity index (χ1) is 15.0. The molecule has 2 heterocycles. The molecule has 1 fully saturated rings. The third-order valence-corrected chi connectivity index (χ3v) is 6.95. The third kappa shape index (κ3) is 4.22. The summed E-state index contributed by atoms with van der Waals surface area (Å²) < 4.78 is 12.3. The summed E-state index contributed by atoms with van der Waals surface area (Å²) in [5, 5.41) is 3.69. The van der Waals surface area contributed by atoms with Crippen molar-refractivity contribution in [1.82, 2.24) is 10.2 Å². The van der Waals surface area contributed by atoms with Crippen LogP contribution in [0.1, 0.15) is 85.3 Å². The van der Waals surface area contributed by atoms with Crippen LogP contribution in [0.25, 0.3) is 11.0 Å². The zero-order chi connectivity index (χ0) is 22.0. The monoisotopic (exact) mass is 426 g/mol. The van der Waals surface area contributed by atoms with Gasteiger partial charge < -0.3 is 19.4 Å². The predicted octanol–water partition coefficient (Wildman–Crippen LogP) is 4.87. The summed E-state index contributed by atoms with van der Waals surface area (Å²) in [7, 11) is 0. The summed E-state index contributed by atoms with van der Waals surface area (Å²) in [5.74, 6) is 0.802. The molecule has 6 nitrogen and oxygen atoms in total. The van der Waals surface area contributed by atoms with Gasteiger partial charge in [0.1, 0.15) is 16.9 Å². The van der Waals surface area contributed by atoms with Gasteiger partial charge in [-0.1, -0.05) is 20.3 Å². The molecule has 1 N–H and O–H groups in total. The number of amides is 1. The van der Waals surface area contributed by atoms with Crippen LogP contribution in [0.15, 0.2) is 16.5 Å². The fourth-order valence-electron chi connectivity index (χ4n) is 5.15. The van der Waals surface area contributed by atoms with Crippen LogP contribution in [0.4, 0.5) is 0 Å². The minimum atomic E-state index is -0.348. The van der Waals surface area contributed by atoms with Crippen LogP contribution < -0.4 is 10.1 Å². The summed E-state index contributed by atoms with van der Waals surface area (Å²) in [6, 6.07) is 3.66. The number of ether oxygens (including phenoxy) is 1. The van der Waals surface area contributed by atoms with Crippen molar-refractivity contribution in [1.29, 1.82) is 0 Å². The van der Waals surface area contributed by atoms with Crippen molar-refractivity contribution in [2.45, 2.75) is 71.3 Å². The van der Waals surface area contributed by atoms with E-state index in [9.17, 15) is 9.59 Å². The minimum absolute atomic E-state index is 0.101. The van der Waals surface area contributed by atoms with Crippen LogP contribution in [-0.4, -0.2) is 48.4 Å². The summed E-state index contributed by atoms with van der Waals surface area (Å²) >= 11 is 0. The predicted molar refractivity (Wildman–Crippen MR) is 121 cm³/mol. The average molecular weight is 427 g/mol. The highest BCUT2D eigenvalue weighted by molar-refractivity contribution is 6.13. The number of ketones is 1. The van der Waals surface area contributed by atoms with Crippen LogP contribution in [0.2, 0.25) is 0 Å². The molecule has 0 bridgehead atoms. The summed E-state index contributed by atoms with van der Waals surface area (Å²) in [6.45, 7) is 9.70. The molecule has 1 aliphatic carbocycles. The van der Waals surface area contributed by atoms with Crippen molar-refractivity contribution in [3.8, 4) is 5.75 Å². The number of hydrogen-bond acceptors (Lipinski definition) is 5. The van der Waals surface area contributed by atoms with Crippen molar-refractivity contribution < 1.29 is 18.7 Å². The standard InChI is InChI=1S/C25H34N2O4/c1-4-27(5-2)15-9-14-26-24(29)23-17(3)21-19(30-23)10-11-20-22(21)18(28)16-25(31-20)12-7-6-8-13-25/h10-11H,4-9,12-16H2,1-3H3,(H,26,29). The van der Waals surface area contributed by atoms with Gasteiger partial charge in [0, 0.05) is 17.5 Å². The van der Waals surface area contributed by atoms with Crippen molar-refractivity contribution in [2.75, 3.05) is 26.2 Å². The molecule has 31 heavy (non-hydrogen) atoms. The van der Waals surface area contributed by atoms with Crippen LogP contribution in [0.3, 0.4) is 0 Å². The summed E-state index contributed by atoms with van der Waals surface area (Å²) in [6.07, 6.45) is 6.58. The van der Waals surface area contributed by atoms with Crippen molar-refractivity contribution in [3.05, 3.63) is 29.0 Å². The van der Waals surface area contributed by atoms with E-state index < -0.39 is 0 Å². The molecular weight excluding hydrogens is 392 g/mol. The second-order valence-corrected chi connectivity index (χ2v) is 8.95. The van der Waals surface area contributed by atoms with Gasteiger partial charge in [-0.3, -0.25) is 9.59 Å². The molecule has 1 spiro atoms. The Kier molecular flexibility index (Phi) is 6.37. The van der Waals surface area contributed by atoms with Gasteiger partial charge in [0.2, 0.25) is 0 Å². The summed E-state index contributed by atoms with van der Waals surface area (Å²) in [5.41, 5.74) is 1.51. The van der Waals surface area contributed by atoms with Crippen molar-refractivity contribution in [2.24, 2.45) is 0 Å². The molecule has 1 aromatic heterocycles. The lowest BCUT2D eigenvalue weighted by molar-refractivity contribution is 0.0139. The Bertz CT molecular complexity index is 968. The molecule has 0 unspecified atom stereocenters. The number of Topliss-reactive ketones (excluding diaryl/α,β-unsaturated/α-hetero) is 1. The van der Waals surface area contributed by atoms with E-state index in [1.165, 1.54) is 6.42 Å². The van der Waals surface area contributed by atoms with Gasteiger partial charge in [0.15, 0.2) is 11.5 Å². The van der Waals surface area contributed by atoms with E-state index in [2.05, 4.69) is 24.1 Å². The van der Waals surface area contributed by atoms with Gasteiger partial charge in [-0.15, -0.1) is 0 Å². The molecule has 2 aliphatic rings. The lowest BCUT2D eigenvalue weighted by atomic mass is 9.78. The van der Waals surface area contributed by atoms with E-state index >= 15 is 0 Å². The highest BCUT2D eigenvalue weighted by Gasteiger charge is 2.42. The van der Waals surface area contributed by atoms with Crippen LogP contribution in [0, 0.1) is 6.92 Å². The number of nitrogens with zero attached hydrogens (tertiary/aromatic N) is 1. The number of carbonyl (C=O) groups excluding carboxylic acids is 2. The maximum absolute atomic E-state index is 13.2. The second-order valence-electron chi connectivity index (χ2n) is 8.95. The number of fused-ring (bicyclic) bond motifs is 3. The minimum Gasteiger partial charge on any atom is -0.486 e. The molecule has 1 amide bonds. The van der Waals surface area contributed by atoms with E-state index in [0.29, 0.717) is 35.4 Å². The zero-order valence-corrected chi connectivity index (χ0v) is 19.0. The van der Waals surface area contributed by atoms with E-state index in [1.807, 2.05) is 19.1 Å². The van der Waals surface area contributed by atoms with Gasteiger partial charge in [0.05, 0.1) is 12.0 Å². The second kappa shape index (κ2) is 9.03. The van der Waals surface area contributed by atoms with Gasteiger partial charge in [-0.2, -0.15) is 0 Å².